The number of carbonyl (C=O) groups excluding carboxylic acids is 1. The summed E-state index contributed by atoms with van der Waals surface area (Å²) >= 11 is 0. The van der Waals surface area contributed by atoms with E-state index in [1.807, 2.05) is 12.3 Å². The predicted octanol–water partition coefficient (Wildman–Crippen LogP) is 2.86. The Morgan fingerprint density at radius 3 is 2.71 bits per heavy atom. The second-order valence-corrected chi connectivity index (χ2v) is 5.22. The molecule has 1 aliphatic heterocycles. The fraction of sp³-hybridized carbons (Fsp3) is 0.500. The first-order valence-corrected chi connectivity index (χ1v) is 6.84. The molecule has 21 heavy (non-hydrogen) atoms. The van der Waals surface area contributed by atoms with E-state index in [0.717, 1.165) is 18.9 Å². The molecular weight excluding hydrogens is 283 g/mol. The molecule has 7 heteroatoms. The van der Waals surface area contributed by atoms with Crippen molar-refractivity contribution in [1.82, 2.24) is 4.90 Å². The maximum Gasteiger partial charge on any atom is 0.418 e. The van der Waals surface area contributed by atoms with Gasteiger partial charge in [0.25, 0.3) is 5.91 Å². The number of benzene rings is 1. The molecule has 2 rings (SSSR count). The zero-order valence-corrected chi connectivity index (χ0v) is 11.7. The van der Waals surface area contributed by atoms with Crippen LogP contribution in [-0.2, 0) is 6.18 Å². The molecule has 0 spiro atoms. The van der Waals surface area contributed by atoms with Crippen molar-refractivity contribution < 1.29 is 18.0 Å². The van der Waals surface area contributed by atoms with Gasteiger partial charge in [0.2, 0.25) is 0 Å². The van der Waals surface area contributed by atoms with E-state index < -0.39 is 11.7 Å². The van der Waals surface area contributed by atoms with Gasteiger partial charge in [0.15, 0.2) is 0 Å². The number of carbonyl (C=O) groups is 1. The number of nitrogens with one attached hydrogen (secondary N) is 1. The zero-order valence-electron chi connectivity index (χ0n) is 11.7. The van der Waals surface area contributed by atoms with Gasteiger partial charge in [0, 0.05) is 18.7 Å². The van der Waals surface area contributed by atoms with Crippen molar-refractivity contribution in [2.24, 2.45) is 11.8 Å². The second kappa shape index (κ2) is 5.93. The van der Waals surface area contributed by atoms with Crippen LogP contribution in [0.3, 0.4) is 0 Å². The molecule has 1 aliphatic rings. The Morgan fingerprint density at radius 1 is 1.48 bits per heavy atom. The molecule has 1 heterocycles. The van der Waals surface area contributed by atoms with Gasteiger partial charge in [-0.2, -0.15) is 13.2 Å². The number of anilines is 1. The number of nitrogens with zero attached hydrogens (tertiary/aromatic N) is 1. The number of hydrazine groups is 1. The van der Waals surface area contributed by atoms with Crippen LogP contribution in [0.5, 0.6) is 0 Å². The lowest BCUT2D eigenvalue weighted by molar-refractivity contribution is -0.137. The molecule has 4 nitrogen and oxygen atoms in total. The summed E-state index contributed by atoms with van der Waals surface area (Å²) < 4.78 is 38.9. The van der Waals surface area contributed by atoms with Crippen molar-refractivity contribution in [3.05, 3.63) is 29.3 Å². The van der Waals surface area contributed by atoms with Gasteiger partial charge in [-0.1, -0.05) is 13.3 Å². The molecule has 1 fully saturated rings. The first-order valence-electron chi connectivity index (χ1n) is 6.84. The summed E-state index contributed by atoms with van der Waals surface area (Å²) in [5.74, 6) is 5.16. The van der Waals surface area contributed by atoms with Crippen LogP contribution >= 0.6 is 0 Å². The lowest BCUT2D eigenvalue weighted by Crippen LogP contribution is -2.29. The molecule has 1 aromatic carbocycles. The number of rotatable bonds is 3. The van der Waals surface area contributed by atoms with E-state index in [0.29, 0.717) is 19.0 Å². The third kappa shape index (κ3) is 3.29. The van der Waals surface area contributed by atoms with Gasteiger partial charge in [0.05, 0.1) is 11.3 Å². The van der Waals surface area contributed by atoms with E-state index >= 15 is 0 Å². The highest BCUT2D eigenvalue weighted by Crippen LogP contribution is 2.35. The molecule has 0 aliphatic carbocycles. The van der Waals surface area contributed by atoms with Crippen LogP contribution in [0.4, 0.5) is 18.9 Å². The van der Waals surface area contributed by atoms with Crippen molar-refractivity contribution in [3.63, 3.8) is 0 Å². The highest BCUT2D eigenvalue weighted by molar-refractivity contribution is 5.95. The molecule has 0 radical (unpaired) electrons. The molecule has 1 saturated heterocycles. The minimum Gasteiger partial charge on any atom is -0.338 e. The standard InChI is InChI=1S/C14H18F3N3O/c1-2-9-5-6-20(8-9)13(21)10-3-4-12(19-18)11(7-10)14(15,16)17/h3-4,7,9,19H,2,5-6,8,18H2,1H3. The molecule has 1 atom stereocenters. The van der Waals surface area contributed by atoms with Gasteiger partial charge in [-0.05, 0) is 30.5 Å². The van der Waals surface area contributed by atoms with E-state index in [4.69, 9.17) is 5.84 Å². The topological polar surface area (TPSA) is 58.4 Å². The van der Waals surface area contributed by atoms with Gasteiger partial charge in [0.1, 0.15) is 0 Å². The van der Waals surface area contributed by atoms with Crippen LogP contribution in [0.15, 0.2) is 18.2 Å². The molecule has 116 valence electrons. The van der Waals surface area contributed by atoms with Crippen molar-refractivity contribution in [1.29, 1.82) is 0 Å². The minimum atomic E-state index is -4.56. The Kier molecular flexibility index (Phi) is 4.41. The van der Waals surface area contributed by atoms with Crippen molar-refractivity contribution >= 4 is 11.6 Å². The predicted molar refractivity (Wildman–Crippen MR) is 73.6 cm³/mol. The Bertz CT molecular complexity index is 531. The minimum absolute atomic E-state index is 0.0399. The van der Waals surface area contributed by atoms with Crippen LogP contribution in [-0.4, -0.2) is 23.9 Å². The number of hydrogen-bond acceptors (Lipinski definition) is 3. The number of alkyl halides is 3. The maximum atomic E-state index is 13.0. The summed E-state index contributed by atoms with van der Waals surface area (Å²) in [5.41, 5.74) is 0.877. The third-order valence-corrected chi connectivity index (χ3v) is 3.88. The Morgan fingerprint density at radius 2 is 2.19 bits per heavy atom. The number of nitrogens with two attached hydrogens (primary N) is 1. The monoisotopic (exact) mass is 301 g/mol. The fourth-order valence-electron chi connectivity index (χ4n) is 2.57. The van der Waals surface area contributed by atoms with E-state index in [2.05, 4.69) is 0 Å². The van der Waals surface area contributed by atoms with Gasteiger partial charge in [-0.25, -0.2) is 0 Å². The van der Waals surface area contributed by atoms with Crippen molar-refractivity contribution in [3.8, 4) is 0 Å². The average molecular weight is 301 g/mol. The Balaban J connectivity index is 2.26. The maximum absolute atomic E-state index is 13.0. The van der Waals surface area contributed by atoms with E-state index in [-0.39, 0.29) is 17.2 Å². The number of halogens is 3. The molecule has 0 saturated carbocycles. The van der Waals surface area contributed by atoms with Crippen LogP contribution in [0.2, 0.25) is 0 Å². The third-order valence-electron chi connectivity index (χ3n) is 3.88. The van der Waals surface area contributed by atoms with Gasteiger partial charge < -0.3 is 10.3 Å². The summed E-state index contributed by atoms with van der Waals surface area (Å²) in [5, 5.41) is 0. The molecule has 1 aromatic rings. The first-order chi connectivity index (χ1) is 9.86. The van der Waals surface area contributed by atoms with E-state index in [1.165, 1.54) is 12.1 Å². The summed E-state index contributed by atoms with van der Waals surface area (Å²) in [7, 11) is 0. The Hall–Kier alpha value is -1.76. The largest absolute Gasteiger partial charge is 0.418 e. The first kappa shape index (κ1) is 15.6. The molecule has 0 bridgehead atoms. The van der Waals surface area contributed by atoms with Gasteiger partial charge >= 0.3 is 6.18 Å². The number of amides is 1. The summed E-state index contributed by atoms with van der Waals surface area (Å²) in [6.07, 6.45) is -2.70. The molecule has 0 aromatic heterocycles. The summed E-state index contributed by atoms with van der Waals surface area (Å²) in [6, 6.07) is 3.41. The lowest BCUT2D eigenvalue weighted by atomic mass is 10.1. The van der Waals surface area contributed by atoms with Crippen LogP contribution in [0.1, 0.15) is 35.7 Å². The molecular formula is C14H18F3N3O. The molecule has 3 N–H and O–H groups in total. The van der Waals surface area contributed by atoms with E-state index in [1.54, 1.807) is 4.90 Å². The summed E-state index contributed by atoms with van der Waals surface area (Å²) in [6.45, 7) is 3.24. The highest BCUT2D eigenvalue weighted by Gasteiger charge is 2.35. The zero-order chi connectivity index (χ0) is 15.6. The average Bonchev–Trinajstić information content (AvgIpc) is 2.93. The Labute approximate surface area is 121 Å². The highest BCUT2D eigenvalue weighted by atomic mass is 19.4. The fourth-order valence-corrected chi connectivity index (χ4v) is 2.57. The van der Waals surface area contributed by atoms with Gasteiger partial charge in [-0.15, -0.1) is 0 Å². The van der Waals surface area contributed by atoms with Crippen LogP contribution in [0, 0.1) is 5.92 Å². The number of likely N-dealkylation sites (tertiary alicyclic amines) is 1. The molecule has 1 unspecified atom stereocenters. The quantitative estimate of drug-likeness (QED) is 0.666. The molecule has 1 amide bonds. The van der Waals surface area contributed by atoms with E-state index in [9.17, 15) is 18.0 Å². The lowest BCUT2D eigenvalue weighted by Gasteiger charge is -2.18. The van der Waals surface area contributed by atoms with Crippen LogP contribution in [0.25, 0.3) is 0 Å². The second-order valence-electron chi connectivity index (χ2n) is 5.22. The van der Waals surface area contributed by atoms with Crippen molar-refractivity contribution in [2.75, 3.05) is 18.5 Å². The van der Waals surface area contributed by atoms with Gasteiger partial charge in [-0.3, -0.25) is 10.6 Å². The SMILES string of the molecule is CCC1CCN(C(=O)c2ccc(NN)c(C(F)(F)F)c2)C1. The number of hydrogen-bond donors (Lipinski definition) is 2. The summed E-state index contributed by atoms with van der Waals surface area (Å²) in [4.78, 5) is 13.9. The number of nitrogen functional groups attached to an aromatic ring is 1. The van der Waals surface area contributed by atoms with Crippen LogP contribution < -0.4 is 11.3 Å². The normalized spacial score (nSPS) is 18.9. The smallest absolute Gasteiger partial charge is 0.338 e. The van der Waals surface area contributed by atoms with Crippen molar-refractivity contribution in [2.45, 2.75) is 25.9 Å².